The van der Waals surface area contributed by atoms with Crippen molar-refractivity contribution in [1.82, 2.24) is 14.7 Å². The van der Waals surface area contributed by atoms with E-state index in [1.165, 1.54) is 37.7 Å². The third kappa shape index (κ3) is 4.08. The highest BCUT2D eigenvalue weighted by molar-refractivity contribution is 5.86. The van der Waals surface area contributed by atoms with Crippen molar-refractivity contribution in [2.45, 2.75) is 76.2 Å². The third-order valence-electron chi connectivity index (χ3n) is 8.45. The van der Waals surface area contributed by atoms with Crippen molar-refractivity contribution in [3.05, 3.63) is 35.9 Å². The predicted octanol–water partition coefficient (Wildman–Crippen LogP) is 4.63. The molecular formula is C26H37N3O2. The second-order valence-corrected chi connectivity index (χ2v) is 10.3. The molecule has 5 rings (SSSR count). The Bertz CT molecular complexity index is 783. The van der Waals surface area contributed by atoms with Gasteiger partial charge in [-0.15, -0.1) is 0 Å². The summed E-state index contributed by atoms with van der Waals surface area (Å²) >= 11 is 0. The normalized spacial score (nSPS) is 28.5. The Labute approximate surface area is 186 Å². The Morgan fingerprint density at radius 1 is 0.806 bits per heavy atom. The molecule has 1 unspecified atom stereocenters. The minimum absolute atomic E-state index is 0.162. The van der Waals surface area contributed by atoms with Crippen LogP contribution in [0.2, 0.25) is 0 Å². The number of hydrogen-bond donors (Lipinski definition) is 0. The van der Waals surface area contributed by atoms with Crippen molar-refractivity contribution in [2.75, 3.05) is 32.7 Å². The lowest BCUT2D eigenvalue weighted by Crippen LogP contribution is -2.55. The molecule has 0 radical (unpaired) electrons. The standard InChI is InChI=1S/C26H37N3O2/c30-24-26(15-19-29(24)23-10-5-2-6-11-23)14-7-16-28(20-26)25(31)27-17-12-22(13-18-27)21-8-3-1-4-9-21/h1,3-4,8-9,22-23H,2,5-7,10-20H2. The zero-order valence-corrected chi connectivity index (χ0v) is 18.8. The van der Waals surface area contributed by atoms with Crippen LogP contribution >= 0.6 is 0 Å². The topological polar surface area (TPSA) is 43.9 Å². The van der Waals surface area contributed by atoms with Crippen LogP contribution in [0, 0.1) is 5.41 Å². The fourth-order valence-corrected chi connectivity index (χ4v) is 6.59. The number of piperidine rings is 2. The monoisotopic (exact) mass is 423 g/mol. The van der Waals surface area contributed by atoms with Crippen molar-refractivity contribution in [3.63, 3.8) is 0 Å². The largest absolute Gasteiger partial charge is 0.339 e. The van der Waals surface area contributed by atoms with E-state index in [9.17, 15) is 9.59 Å². The number of amides is 3. The minimum atomic E-state index is -0.312. The zero-order valence-electron chi connectivity index (χ0n) is 18.8. The predicted molar refractivity (Wildman–Crippen MR) is 122 cm³/mol. The highest BCUT2D eigenvalue weighted by atomic mass is 16.2. The summed E-state index contributed by atoms with van der Waals surface area (Å²) in [6.45, 7) is 3.98. The summed E-state index contributed by atoms with van der Waals surface area (Å²) in [5.41, 5.74) is 1.08. The second kappa shape index (κ2) is 8.84. The molecule has 3 amide bonds. The summed E-state index contributed by atoms with van der Waals surface area (Å²) in [5, 5.41) is 0. The number of urea groups is 1. The Kier molecular flexibility index (Phi) is 5.94. The zero-order chi connectivity index (χ0) is 21.3. The second-order valence-electron chi connectivity index (χ2n) is 10.3. The third-order valence-corrected chi connectivity index (χ3v) is 8.45. The van der Waals surface area contributed by atoms with Gasteiger partial charge in [0.25, 0.3) is 0 Å². The molecule has 168 valence electrons. The van der Waals surface area contributed by atoms with E-state index in [0.29, 0.717) is 24.4 Å². The van der Waals surface area contributed by atoms with Crippen molar-refractivity contribution >= 4 is 11.9 Å². The number of benzene rings is 1. The SMILES string of the molecule is O=C(N1CCC(c2ccccc2)CC1)N1CCCC2(CCN(C3CCCCC3)C2=O)C1. The number of hydrogen-bond acceptors (Lipinski definition) is 2. The highest BCUT2D eigenvalue weighted by Gasteiger charge is 2.51. The van der Waals surface area contributed by atoms with Crippen LogP contribution in [-0.2, 0) is 4.79 Å². The van der Waals surface area contributed by atoms with E-state index in [2.05, 4.69) is 35.2 Å². The molecule has 1 aromatic carbocycles. The maximum atomic E-state index is 13.5. The lowest BCUT2D eigenvalue weighted by atomic mass is 9.78. The van der Waals surface area contributed by atoms with Gasteiger partial charge in [-0.25, -0.2) is 4.79 Å². The van der Waals surface area contributed by atoms with E-state index >= 15 is 0 Å². The Morgan fingerprint density at radius 2 is 1.55 bits per heavy atom. The van der Waals surface area contributed by atoms with E-state index in [4.69, 9.17) is 0 Å². The van der Waals surface area contributed by atoms with Gasteiger partial charge in [-0.2, -0.15) is 0 Å². The first-order valence-corrected chi connectivity index (χ1v) is 12.6. The molecular weight excluding hydrogens is 386 g/mol. The van der Waals surface area contributed by atoms with Gasteiger partial charge in [0, 0.05) is 38.8 Å². The van der Waals surface area contributed by atoms with Crippen LogP contribution in [0.3, 0.4) is 0 Å². The molecule has 1 aliphatic carbocycles. The van der Waals surface area contributed by atoms with Crippen molar-refractivity contribution in [1.29, 1.82) is 0 Å². The molecule has 3 heterocycles. The van der Waals surface area contributed by atoms with E-state index in [1.54, 1.807) is 0 Å². The molecule has 1 aromatic rings. The molecule has 0 N–H and O–H groups in total. The van der Waals surface area contributed by atoms with Gasteiger partial charge < -0.3 is 14.7 Å². The van der Waals surface area contributed by atoms with Crippen LogP contribution in [0.15, 0.2) is 30.3 Å². The van der Waals surface area contributed by atoms with Crippen molar-refractivity contribution < 1.29 is 9.59 Å². The molecule has 4 fully saturated rings. The van der Waals surface area contributed by atoms with E-state index in [1.807, 2.05) is 9.80 Å². The summed E-state index contributed by atoms with van der Waals surface area (Å²) in [6, 6.07) is 11.3. The molecule has 3 saturated heterocycles. The fourth-order valence-electron chi connectivity index (χ4n) is 6.59. The Balaban J connectivity index is 1.20. The van der Waals surface area contributed by atoms with E-state index in [0.717, 1.165) is 58.3 Å². The minimum Gasteiger partial charge on any atom is -0.339 e. The molecule has 1 saturated carbocycles. The Hall–Kier alpha value is -2.04. The number of nitrogens with zero attached hydrogens (tertiary/aromatic N) is 3. The molecule has 5 nitrogen and oxygen atoms in total. The van der Waals surface area contributed by atoms with Gasteiger partial charge >= 0.3 is 6.03 Å². The molecule has 4 aliphatic rings. The van der Waals surface area contributed by atoms with E-state index < -0.39 is 0 Å². The van der Waals surface area contributed by atoms with Crippen LogP contribution in [0.4, 0.5) is 4.79 Å². The maximum Gasteiger partial charge on any atom is 0.320 e. The highest BCUT2D eigenvalue weighted by Crippen LogP contribution is 2.43. The average molecular weight is 424 g/mol. The Morgan fingerprint density at radius 3 is 2.29 bits per heavy atom. The van der Waals surface area contributed by atoms with Crippen LogP contribution in [0.25, 0.3) is 0 Å². The first-order chi connectivity index (χ1) is 15.2. The molecule has 3 aliphatic heterocycles. The van der Waals surface area contributed by atoms with Gasteiger partial charge in [0.2, 0.25) is 5.91 Å². The van der Waals surface area contributed by atoms with Gasteiger partial charge in [-0.05, 0) is 56.4 Å². The van der Waals surface area contributed by atoms with E-state index in [-0.39, 0.29) is 11.4 Å². The summed E-state index contributed by atoms with van der Waals surface area (Å²) in [6.07, 6.45) is 11.1. The fraction of sp³-hybridized carbons (Fsp3) is 0.692. The average Bonchev–Trinajstić information content (AvgIpc) is 3.15. The number of carbonyl (C=O) groups excluding carboxylic acids is 2. The quantitative estimate of drug-likeness (QED) is 0.696. The maximum absolute atomic E-state index is 13.5. The van der Waals surface area contributed by atoms with Gasteiger partial charge in [-0.3, -0.25) is 4.79 Å². The smallest absolute Gasteiger partial charge is 0.320 e. The number of rotatable bonds is 2. The lowest BCUT2D eigenvalue weighted by molar-refractivity contribution is -0.140. The first kappa shape index (κ1) is 20.8. The molecule has 0 bridgehead atoms. The number of carbonyl (C=O) groups is 2. The van der Waals surface area contributed by atoms with Crippen molar-refractivity contribution in [3.8, 4) is 0 Å². The number of likely N-dealkylation sites (tertiary alicyclic amines) is 3. The molecule has 0 aromatic heterocycles. The van der Waals surface area contributed by atoms with Crippen LogP contribution in [0.5, 0.6) is 0 Å². The molecule has 5 heteroatoms. The molecule has 1 spiro atoms. The van der Waals surface area contributed by atoms with Gasteiger partial charge in [0.1, 0.15) is 0 Å². The van der Waals surface area contributed by atoms with Crippen LogP contribution in [0.1, 0.15) is 75.7 Å². The summed E-state index contributed by atoms with van der Waals surface area (Å²) in [4.78, 5) is 33.1. The lowest BCUT2D eigenvalue weighted by Gasteiger charge is -2.43. The molecule has 31 heavy (non-hydrogen) atoms. The summed E-state index contributed by atoms with van der Waals surface area (Å²) in [7, 11) is 0. The van der Waals surface area contributed by atoms with Crippen molar-refractivity contribution in [2.24, 2.45) is 5.41 Å². The van der Waals surface area contributed by atoms with Gasteiger partial charge in [0.05, 0.1) is 5.41 Å². The van der Waals surface area contributed by atoms with Gasteiger partial charge in [-0.1, -0.05) is 49.6 Å². The van der Waals surface area contributed by atoms with Crippen LogP contribution < -0.4 is 0 Å². The van der Waals surface area contributed by atoms with Crippen LogP contribution in [-0.4, -0.2) is 65.4 Å². The summed E-state index contributed by atoms with van der Waals surface area (Å²) < 4.78 is 0. The first-order valence-electron chi connectivity index (χ1n) is 12.6. The van der Waals surface area contributed by atoms with Gasteiger partial charge in [0.15, 0.2) is 0 Å². The summed E-state index contributed by atoms with van der Waals surface area (Å²) in [5.74, 6) is 0.901. The molecule has 1 atom stereocenters.